The summed E-state index contributed by atoms with van der Waals surface area (Å²) in [7, 11) is -3.62. The molecule has 1 aliphatic rings. The molecule has 0 fully saturated rings. The van der Waals surface area contributed by atoms with E-state index < -0.39 is 46.4 Å². The molecule has 3 amide bonds. The number of imide groups is 1. The van der Waals surface area contributed by atoms with E-state index in [0.717, 1.165) is 4.90 Å². The summed E-state index contributed by atoms with van der Waals surface area (Å²) in [5, 5.41) is 2.50. The van der Waals surface area contributed by atoms with Crippen LogP contribution in [-0.2, 0) is 24.3 Å². The fraction of sp³-hybridized carbons (Fsp3) is 0.304. The molecule has 11 heteroatoms. The third-order valence-corrected chi connectivity index (χ3v) is 7.44. The maximum atomic E-state index is 12.5. The van der Waals surface area contributed by atoms with E-state index in [4.69, 9.17) is 4.74 Å². The summed E-state index contributed by atoms with van der Waals surface area (Å²) in [6, 6.07) is 10.6. The van der Waals surface area contributed by atoms with Gasteiger partial charge in [-0.05, 0) is 43.3 Å². The minimum Gasteiger partial charge on any atom is -0.454 e. The Hall–Kier alpha value is -3.57. The van der Waals surface area contributed by atoms with Crippen molar-refractivity contribution in [2.45, 2.75) is 31.7 Å². The molecule has 1 N–H and O–H groups in total. The first-order chi connectivity index (χ1) is 16.1. The Bertz CT molecular complexity index is 1190. The topological polar surface area (TPSA) is 130 Å². The number of ether oxygens (including phenoxy) is 1. The average molecular weight is 488 g/mol. The van der Waals surface area contributed by atoms with Crippen molar-refractivity contribution in [3.05, 3.63) is 59.7 Å². The molecule has 1 atom stereocenters. The van der Waals surface area contributed by atoms with Gasteiger partial charge in [-0.15, -0.1) is 0 Å². The number of anilines is 1. The fourth-order valence-corrected chi connectivity index (χ4v) is 5.00. The van der Waals surface area contributed by atoms with E-state index >= 15 is 0 Å². The zero-order valence-corrected chi connectivity index (χ0v) is 19.8. The molecule has 180 valence electrons. The quantitative estimate of drug-likeness (QED) is 0.422. The van der Waals surface area contributed by atoms with Crippen LogP contribution in [-0.4, -0.2) is 67.1 Å². The van der Waals surface area contributed by atoms with E-state index in [1.807, 2.05) is 0 Å². The maximum Gasteiger partial charge on any atom is 0.329 e. The van der Waals surface area contributed by atoms with Crippen LogP contribution in [0.15, 0.2) is 53.4 Å². The van der Waals surface area contributed by atoms with Crippen molar-refractivity contribution >= 4 is 39.4 Å². The summed E-state index contributed by atoms with van der Waals surface area (Å²) in [5.41, 5.74) is 0.723. The number of benzene rings is 2. The highest BCUT2D eigenvalue weighted by atomic mass is 32.2. The largest absolute Gasteiger partial charge is 0.454 e. The molecule has 0 bridgehead atoms. The van der Waals surface area contributed by atoms with E-state index in [1.54, 1.807) is 26.0 Å². The monoisotopic (exact) mass is 487 g/mol. The number of esters is 1. The van der Waals surface area contributed by atoms with Crippen LogP contribution in [0, 0.1) is 0 Å². The number of carbonyl (C=O) groups is 4. The van der Waals surface area contributed by atoms with E-state index in [9.17, 15) is 27.6 Å². The van der Waals surface area contributed by atoms with E-state index in [1.165, 1.54) is 47.6 Å². The van der Waals surface area contributed by atoms with Crippen molar-refractivity contribution < 1.29 is 32.3 Å². The molecule has 1 heterocycles. The molecule has 1 aliphatic heterocycles. The van der Waals surface area contributed by atoms with Crippen molar-refractivity contribution in [2.24, 2.45) is 0 Å². The minimum atomic E-state index is -3.62. The number of sulfonamides is 1. The van der Waals surface area contributed by atoms with Gasteiger partial charge in [0.25, 0.3) is 17.7 Å². The highest BCUT2D eigenvalue weighted by Crippen LogP contribution is 2.25. The second-order valence-electron chi connectivity index (χ2n) is 7.47. The lowest BCUT2D eigenvalue weighted by molar-refractivity contribution is -0.150. The summed E-state index contributed by atoms with van der Waals surface area (Å²) >= 11 is 0. The molecule has 34 heavy (non-hydrogen) atoms. The third kappa shape index (κ3) is 4.85. The molecule has 0 aromatic heterocycles. The first-order valence-electron chi connectivity index (χ1n) is 10.6. The molecule has 0 saturated heterocycles. The van der Waals surface area contributed by atoms with E-state index in [-0.39, 0.29) is 16.0 Å². The highest BCUT2D eigenvalue weighted by molar-refractivity contribution is 7.89. The predicted molar refractivity (Wildman–Crippen MR) is 123 cm³/mol. The number of nitrogens with one attached hydrogen (secondary N) is 1. The van der Waals surface area contributed by atoms with Gasteiger partial charge in [0.2, 0.25) is 10.0 Å². The zero-order valence-electron chi connectivity index (χ0n) is 19.0. The Labute approximate surface area is 197 Å². The Morgan fingerprint density at radius 3 is 2.00 bits per heavy atom. The van der Waals surface area contributed by atoms with E-state index in [0.29, 0.717) is 18.8 Å². The van der Waals surface area contributed by atoms with Gasteiger partial charge in [-0.2, -0.15) is 4.31 Å². The van der Waals surface area contributed by atoms with Crippen molar-refractivity contribution in [1.82, 2.24) is 9.21 Å². The average Bonchev–Trinajstić information content (AvgIpc) is 3.08. The van der Waals surface area contributed by atoms with Crippen LogP contribution in [0.2, 0.25) is 0 Å². The van der Waals surface area contributed by atoms with Crippen LogP contribution in [0.25, 0.3) is 0 Å². The lowest BCUT2D eigenvalue weighted by Crippen LogP contribution is -2.44. The second kappa shape index (κ2) is 10.1. The molecular formula is C23H25N3O7S. The molecule has 0 spiro atoms. The maximum absolute atomic E-state index is 12.5. The first-order valence-corrected chi connectivity index (χ1v) is 12.1. The minimum absolute atomic E-state index is 0.0930. The van der Waals surface area contributed by atoms with Gasteiger partial charge in [-0.3, -0.25) is 19.3 Å². The number of hydrogen-bond acceptors (Lipinski definition) is 7. The second-order valence-corrected chi connectivity index (χ2v) is 9.41. The number of hydrogen-bond donors (Lipinski definition) is 1. The molecular weight excluding hydrogens is 462 g/mol. The third-order valence-electron chi connectivity index (χ3n) is 5.38. The number of amides is 3. The highest BCUT2D eigenvalue weighted by Gasteiger charge is 2.41. The Morgan fingerprint density at radius 2 is 1.50 bits per heavy atom. The Balaban J connectivity index is 1.57. The van der Waals surface area contributed by atoms with Crippen molar-refractivity contribution in [3.63, 3.8) is 0 Å². The molecule has 0 radical (unpaired) electrons. The molecule has 2 aromatic rings. The number of rotatable bonds is 9. The van der Waals surface area contributed by atoms with Gasteiger partial charge in [0, 0.05) is 18.8 Å². The summed E-state index contributed by atoms with van der Waals surface area (Å²) in [4.78, 5) is 50.4. The Morgan fingerprint density at radius 1 is 0.971 bits per heavy atom. The summed E-state index contributed by atoms with van der Waals surface area (Å²) in [5.74, 6) is -2.78. The normalized spacial score (nSPS) is 14.2. The number of carbonyl (C=O) groups excluding carboxylic acids is 4. The molecule has 2 aromatic carbocycles. The van der Waals surface area contributed by atoms with Crippen molar-refractivity contribution in [2.75, 3.05) is 25.0 Å². The molecule has 3 rings (SSSR count). The van der Waals surface area contributed by atoms with Crippen molar-refractivity contribution in [1.29, 1.82) is 0 Å². The molecule has 10 nitrogen and oxygen atoms in total. The van der Waals surface area contributed by atoms with Crippen LogP contribution in [0.5, 0.6) is 0 Å². The van der Waals surface area contributed by atoms with E-state index in [2.05, 4.69) is 5.32 Å². The molecule has 0 aliphatic carbocycles. The summed E-state index contributed by atoms with van der Waals surface area (Å²) < 4.78 is 31.4. The zero-order chi connectivity index (χ0) is 25.0. The first kappa shape index (κ1) is 25.1. The molecule has 0 saturated carbocycles. The lowest BCUT2D eigenvalue weighted by atomic mass is 10.1. The number of fused-ring (bicyclic) bond motifs is 1. The summed E-state index contributed by atoms with van der Waals surface area (Å²) in [6.45, 7) is 4.85. The smallest absolute Gasteiger partial charge is 0.329 e. The number of nitrogens with zero attached hydrogens (tertiary/aromatic N) is 2. The van der Waals surface area contributed by atoms with Gasteiger partial charge in [0.1, 0.15) is 6.04 Å². The van der Waals surface area contributed by atoms with Gasteiger partial charge in [-0.25, -0.2) is 13.2 Å². The van der Waals surface area contributed by atoms with Crippen LogP contribution >= 0.6 is 0 Å². The van der Waals surface area contributed by atoms with Gasteiger partial charge in [-0.1, -0.05) is 26.0 Å². The Kier molecular flexibility index (Phi) is 7.48. The van der Waals surface area contributed by atoms with Gasteiger partial charge in [0.15, 0.2) is 6.61 Å². The standard InChI is InChI=1S/C23H25N3O7S/c1-4-25(5-2)34(31,32)17-12-10-16(11-13-17)24-20(27)14-33-23(30)15(3)26-21(28)18-8-6-7-9-19(18)22(26)29/h6-13,15H,4-5,14H2,1-3H3,(H,24,27). The van der Waals surface area contributed by atoms with Crippen LogP contribution in [0.3, 0.4) is 0 Å². The van der Waals surface area contributed by atoms with Gasteiger partial charge < -0.3 is 10.1 Å². The summed E-state index contributed by atoms with van der Waals surface area (Å²) in [6.07, 6.45) is 0. The molecule has 1 unspecified atom stereocenters. The van der Waals surface area contributed by atoms with Gasteiger partial charge in [0.05, 0.1) is 16.0 Å². The SMILES string of the molecule is CCN(CC)S(=O)(=O)c1ccc(NC(=O)COC(=O)C(C)N2C(=O)c3ccccc3C2=O)cc1. The fourth-order valence-electron chi connectivity index (χ4n) is 3.54. The van der Waals surface area contributed by atoms with Crippen LogP contribution in [0.4, 0.5) is 5.69 Å². The lowest BCUT2D eigenvalue weighted by Gasteiger charge is -2.20. The van der Waals surface area contributed by atoms with Gasteiger partial charge >= 0.3 is 5.97 Å². The predicted octanol–water partition coefficient (Wildman–Crippen LogP) is 1.88. The van der Waals surface area contributed by atoms with Crippen molar-refractivity contribution in [3.8, 4) is 0 Å². The van der Waals surface area contributed by atoms with Crippen LogP contribution < -0.4 is 5.32 Å². The van der Waals surface area contributed by atoms with Crippen LogP contribution in [0.1, 0.15) is 41.5 Å².